The number of rotatable bonds is 9. The van der Waals surface area contributed by atoms with Crippen molar-refractivity contribution >= 4 is 38.5 Å². The molecular formula is C34H32BrN3O2. The molecule has 0 unspecified atom stereocenters. The van der Waals surface area contributed by atoms with Gasteiger partial charge in [0.25, 0.3) is 0 Å². The second-order valence-electron chi connectivity index (χ2n) is 9.96. The number of carbonyl (C=O) groups excluding carboxylic acids is 1. The van der Waals surface area contributed by atoms with Gasteiger partial charge in [0.2, 0.25) is 0 Å². The lowest BCUT2D eigenvalue weighted by molar-refractivity contribution is -0.143. The average molecular weight is 595 g/mol. The Kier molecular flexibility index (Phi) is 8.29. The molecule has 0 saturated carbocycles. The summed E-state index contributed by atoms with van der Waals surface area (Å²) in [6.07, 6.45) is 2.27. The monoisotopic (exact) mass is 593 g/mol. The number of carbonyl (C=O) groups is 1. The number of nitrogens with one attached hydrogen (secondary N) is 1. The zero-order valence-corrected chi connectivity index (χ0v) is 24.4. The highest BCUT2D eigenvalue weighted by Crippen LogP contribution is 2.38. The Labute approximate surface area is 244 Å². The number of fused-ring (bicyclic) bond motifs is 1. The molecule has 0 fully saturated rings. The van der Waals surface area contributed by atoms with Crippen LogP contribution in [0, 0.1) is 0 Å². The van der Waals surface area contributed by atoms with Crippen LogP contribution in [0.1, 0.15) is 22.3 Å². The SMILES string of the molecule is COC(=O)[C@H](Cc1ccc(Br)c2ncc(N(C)C)cc12)NC(c1ccccc1)(c1ccccc1)c1ccccc1. The van der Waals surface area contributed by atoms with E-state index in [1.54, 1.807) is 0 Å². The van der Waals surface area contributed by atoms with Crippen LogP contribution in [0.4, 0.5) is 5.69 Å². The maximum Gasteiger partial charge on any atom is 0.323 e. The fourth-order valence-electron chi connectivity index (χ4n) is 5.29. The number of benzene rings is 4. The van der Waals surface area contributed by atoms with Gasteiger partial charge in [-0.1, -0.05) is 97.1 Å². The summed E-state index contributed by atoms with van der Waals surface area (Å²) in [5, 5.41) is 4.80. The van der Waals surface area contributed by atoms with E-state index in [4.69, 9.17) is 9.72 Å². The number of anilines is 1. The summed E-state index contributed by atoms with van der Waals surface area (Å²) in [6.45, 7) is 0. The van der Waals surface area contributed by atoms with Crippen molar-refractivity contribution in [2.75, 3.05) is 26.1 Å². The molecule has 202 valence electrons. The molecule has 4 aromatic carbocycles. The molecule has 1 atom stereocenters. The summed E-state index contributed by atoms with van der Waals surface area (Å²) in [7, 11) is 5.43. The van der Waals surface area contributed by atoms with E-state index >= 15 is 0 Å². The van der Waals surface area contributed by atoms with E-state index in [1.807, 2.05) is 85.9 Å². The van der Waals surface area contributed by atoms with E-state index in [0.29, 0.717) is 6.42 Å². The summed E-state index contributed by atoms with van der Waals surface area (Å²) in [5.74, 6) is -0.333. The van der Waals surface area contributed by atoms with Crippen LogP contribution in [-0.4, -0.2) is 38.2 Å². The molecule has 5 nitrogen and oxygen atoms in total. The van der Waals surface area contributed by atoms with Gasteiger partial charge in [0.05, 0.1) is 30.0 Å². The minimum Gasteiger partial charge on any atom is -0.468 e. The minimum absolute atomic E-state index is 0.333. The summed E-state index contributed by atoms with van der Waals surface area (Å²) >= 11 is 3.66. The van der Waals surface area contributed by atoms with Crippen molar-refractivity contribution in [1.82, 2.24) is 10.3 Å². The molecule has 0 aliphatic heterocycles. The Hall–Kier alpha value is -4.00. The largest absolute Gasteiger partial charge is 0.468 e. The van der Waals surface area contributed by atoms with E-state index in [1.165, 1.54) is 7.11 Å². The number of aromatic nitrogens is 1. The van der Waals surface area contributed by atoms with Crippen LogP contribution in [-0.2, 0) is 21.5 Å². The number of pyridine rings is 1. The van der Waals surface area contributed by atoms with Crippen LogP contribution in [0.25, 0.3) is 10.9 Å². The highest BCUT2D eigenvalue weighted by Gasteiger charge is 2.40. The number of nitrogens with zero attached hydrogens (tertiary/aromatic N) is 2. The highest BCUT2D eigenvalue weighted by atomic mass is 79.9. The smallest absolute Gasteiger partial charge is 0.323 e. The molecule has 1 aromatic heterocycles. The lowest BCUT2D eigenvalue weighted by Crippen LogP contribution is -2.53. The summed E-state index contributed by atoms with van der Waals surface area (Å²) in [6, 6.07) is 36.3. The average Bonchev–Trinajstić information content (AvgIpc) is 3.01. The van der Waals surface area contributed by atoms with Gasteiger partial charge in [-0.15, -0.1) is 0 Å². The molecular weight excluding hydrogens is 562 g/mol. The molecule has 0 bridgehead atoms. The number of hydrogen-bond acceptors (Lipinski definition) is 5. The second kappa shape index (κ2) is 12.0. The van der Waals surface area contributed by atoms with E-state index in [9.17, 15) is 4.79 Å². The van der Waals surface area contributed by atoms with Crippen molar-refractivity contribution in [3.8, 4) is 0 Å². The van der Waals surface area contributed by atoms with Crippen LogP contribution in [0.2, 0.25) is 0 Å². The topological polar surface area (TPSA) is 54.5 Å². The van der Waals surface area contributed by atoms with Crippen molar-refractivity contribution in [3.05, 3.63) is 142 Å². The molecule has 0 aliphatic rings. The predicted octanol–water partition coefficient (Wildman–Crippen LogP) is 6.73. The lowest BCUT2D eigenvalue weighted by Gasteiger charge is -2.39. The summed E-state index contributed by atoms with van der Waals surface area (Å²) < 4.78 is 6.31. The molecule has 5 aromatic rings. The first-order valence-corrected chi connectivity index (χ1v) is 14.0. The van der Waals surface area contributed by atoms with Gasteiger partial charge in [-0.3, -0.25) is 15.1 Å². The molecule has 1 heterocycles. The zero-order valence-electron chi connectivity index (χ0n) is 22.8. The van der Waals surface area contributed by atoms with Crippen molar-refractivity contribution in [2.24, 2.45) is 0 Å². The standard InChI is InChI=1S/C34H32BrN3O2/c1-38(2)28-22-29-24(19-20-30(35)32(29)36-23-28)21-31(33(39)40-3)37-34(25-13-7-4-8-14-25,26-15-9-5-10-16-26)27-17-11-6-12-18-27/h4-20,22-23,31,37H,21H2,1-3H3/t31-/m0/s1. The zero-order chi connectivity index (χ0) is 28.1. The number of hydrogen-bond donors (Lipinski definition) is 1. The fraction of sp³-hybridized carbons (Fsp3) is 0.176. The van der Waals surface area contributed by atoms with Gasteiger partial charge in [0, 0.05) is 24.0 Å². The van der Waals surface area contributed by atoms with Crippen LogP contribution >= 0.6 is 15.9 Å². The first-order valence-electron chi connectivity index (χ1n) is 13.2. The second-order valence-corrected chi connectivity index (χ2v) is 10.8. The van der Waals surface area contributed by atoms with Gasteiger partial charge >= 0.3 is 5.97 Å². The lowest BCUT2D eigenvalue weighted by atomic mass is 9.76. The number of ether oxygens (including phenoxy) is 1. The van der Waals surface area contributed by atoms with Crippen molar-refractivity contribution in [2.45, 2.75) is 18.0 Å². The van der Waals surface area contributed by atoms with E-state index in [0.717, 1.165) is 43.3 Å². The molecule has 5 rings (SSSR count). The molecule has 0 saturated heterocycles. The third kappa shape index (κ3) is 5.37. The predicted molar refractivity (Wildman–Crippen MR) is 166 cm³/mol. The van der Waals surface area contributed by atoms with Gasteiger partial charge < -0.3 is 9.64 Å². The maximum absolute atomic E-state index is 13.5. The summed E-state index contributed by atoms with van der Waals surface area (Å²) in [5.41, 5.74) is 5.10. The number of esters is 1. The third-order valence-corrected chi connectivity index (χ3v) is 7.95. The minimum atomic E-state index is -0.819. The van der Waals surface area contributed by atoms with Crippen LogP contribution in [0.3, 0.4) is 0 Å². The quantitative estimate of drug-likeness (QED) is 0.152. The molecule has 0 spiro atoms. The number of halogens is 1. The Morgan fingerprint density at radius 1 is 0.875 bits per heavy atom. The third-order valence-electron chi connectivity index (χ3n) is 7.31. The van der Waals surface area contributed by atoms with Crippen molar-refractivity contribution in [3.63, 3.8) is 0 Å². The van der Waals surface area contributed by atoms with Crippen LogP contribution in [0.15, 0.2) is 120 Å². The first kappa shape index (κ1) is 27.6. The van der Waals surface area contributed by atoms with Gasteiger partial charge in [-0.05, 0) is 56.7 Å². The normalized spacial score (nSPS) is 12.2. The van der Waals surface area contributed by atoms with Crippen molar-refractivity contribution in [1.29, 1.82) is 0 Å². The highest BCUT2D eigenvalue weighted by molar-refractivity contribution is 9.10. The molecule has 0 radical (unpaired) electrons. The van der Waals surface area contributed by atoms with Crippen LogP contribution in [0.5, 0.6) is 0 Å². The van der Waals surface area contributed by atoms with E-state index in [-0.39, 0.29) is 5.97 Å². The Morgan fingerprint density at radius 2 is 1.40 bits per heavy atom. The van der Waals surface area contributed by atoms with E-state index in [2.05, 4.69) is 69.8 Å². The fourth-order valence-corrected chi connectivity index (χ4v) is 5.73. The summed E-state index contributed by atoms with van der Waals surface area (Å²) in [4.78, 5) is 20.3. The molecule has 40 heavy (non-hydrogen) atoms. The van der Waals surface area contributed by atoms with Crippen LogP contribution < -0.4 is 10.2 Å². The van der Waals surface area contributed by atoms with Crippen molar-refractivity contribution < 1.29 is 9.53 Å². The van der Waals surface area contributed by atoms with Gasteiger partial charge in [0.1, 0.15) is 6.04 Å². The molecule has 1 N–H and O–H groups in total. The molecule has 0 amide bonds. The Morgan fingerprint density at radius 3 is 1.88 bits per heavy atom. The molecule has 6 heteroatoms. The van der Waals surface area contributed by atoms with Gasteiger partial charge in [0.15, 0.2) is 0 Å². The Bertz CT molecular complexity index is 1500. The maximum atomic E-state index is 13.5. The first-order chi connectivity index (χ1) is 19.4. The van der Waals surface area contributed by atoms with Gasteiger partial charge in [-0.25, -0.2) is 0 Å². The van der Waals surface area contributed by atoms with Gasteiger partial charge in [-0.2, -0.15) is 0 Å². The Balaban J connectivity index is 1.70. The number of methoxy groups -OCH3 is 1. The molecule has 0 aliphatic carbocycles. The van der Waals surface area contributed by atoms with E-state index < -0.39 is 11.6 Å².